The summed E-state index contributed by atoms with van der Waals surface area (Å²) in [7, 11) is 1.66. The number of benzene rings is 1. The molecule has 0 saturated heterocycles. The second-order valence-electron chi connectivity index (χ2n) is 3.23. The molecule has 0 N–H and O–H groups in total. The zero-order valence-electron chi connectivity index (χ0n) is 9.16. The highest BCUT2D eigenvalue weighted by Crippen LogP contribution is 2.32. The van der Waals surface area contributed by atoms with Crippen LogP contribution in [0.15, 0.2) is 29.3 Å². The molecule has 2 nitrogen and oxygen atoms in total. The van der Waals surface area contributed by atoms with E-state index in [1.807, 2.05) is 24.3 Å². The minimum atomic E-state index is 0.661. The van der Waals surface area contributed by atoms with Crippen LogP contribution in [0, 0.1) is 0 Å². The Morgan fingerprint density at radius 1 is 1.44 bits per heavy atom. The summed E-state index contributed by atoms with van der Waals surface area (Å²) in [5.74, 6) is 1.80. The molecule has 0 radical (unpaired) electrons. The Hall–Kier alpha value is -0.930. The Kier molecular flexibility index (Phi) is 3.56. The summed E-state index contributed by atoms with van der Waals surface area (Å²) in [6.45, 7) is 2.09. The molecule has 0 atom stereocenters. The van der Waals surface area contributed by atoms with Crippen molar-refractivity contribution >= 4 is 34.3 Å². The first-order valence-corrected chi connectivity index (χ1v) is 6.38. The van der Waals surface area contributed by atoms with Crippen molar-refractivity contribution in [1.82, 2.24) is 4.98 Å². The van der Waals surface area contributed by atoms with E-state index in [1.54, 1.807) is 18.9 Å². The van der Waals surface area contributed by atoms with Crippen molar-refractivity contribution in [1.29, 1.82) is 0 Å². The van der Waals surface area contributed by atoms with E-state index >= 15 is 0 Å². The topological polar surface area (TPSA) is 22.1 Å². The molecule has 0 amide bonds. The van der Waals surface area contributed by atoms with Crippen molar-refractivity contribution in [2.24, 2.45) is 0 Å². The number of nitrogens with zero attached hydrogens (tertiary/aromatic N) is 1. The number of ether oxygens (including phenoxy) is 1. The van der Waals surface area contributed by atoms with Crippen LogP contribution in [0.25, 0.3) is 10.9 Å². The lowest BCUT2D eigenvalue weighted by Gasteiger charge is -2.08. The number of thioether (sulfide) groups is 1. The maximum atomic E-state index is 6.13. The number of para-hydroxylation sites is 1. The molecule has 0 unspecified atom stereocenters. The summed E-state index contributed by atoms with van der Waals surface area (Å²) in [4.78, 5) is 4.52. The van der Waals surface area contributed by atoms with E-state index < -0.39 is 0 Å². The molecule has 16 heavy (non-hydrogen) atoms. The van der Waals surface area contributed by atoms with E-state index in [-0.39, 0.29) is 0 Å². The van der Waals surface area contributed by atoms with Crippen LogP contribution in [0.1, 0.15) is 6.92 Å². The summed E-state index contributed by atoms with van der Waals surface area (Å²) < 4.78 is 5.36. The molecule has 0 fully saturated rings. The largest absolute Gasteiger partial charge is 0.496 e. The van der Waals surface area contributed by atoms with E-state index in [2.05, 4.69) is 11.9 Å². The maximum Gasteiger partial charge on any atom is 0.131 e. The van der Waals surface area contributed by atoms with Gasteiger partial charge in [-0.2, -0.15) is 0 Å². The highest BCUT2D eigenvalue weighted by atomic mass is 35.5. The van der Waals surface area contributed by atoms with E-state index in [0.29, 0.717) is 5.02 Å². The van der Waals surface area contributed by atoms with Gasteiger partial charge in [-0.25, -0.2) is 4.98 Å². The molecule has 0 aliphatic carbocycles. The summed E-state index contributed by atoms with van der Waals surface area (Å²) in [6.07, 6.45) is 0. The molecule has 1 aromatic heterocycles. The van der Waals surface area contributed by atoms with E-state index in [9.17, 15) is 0 Å². The van der Waals surface area contributed by atoms with Gasteiger partial charge in [-0.15, -0.1) is 11.8 Å². The fourth-order valence-electron chi connectivity index (χ4n) is 1.55. The van der Waals surface area contributed by atoms with Gasteiger partial charge in [0.15, 0.2) is 0 Å². The second kappa shape index (κ2) is 4.93. The number of halogens is 1. The monoisotopic (exact) mass is 253 g/mol. The van der Waals surface area contributed by atoms with Crippen LogP contribution < -0.4 is 4.74 Å². The van der Waals surface area contributed by atoms with Crippen LogP contribution in [-0.4, -0.2) is 17.8 Å². The van der Waals surface area contributed by atoms with Crippen molar-refractivity contribution in [3.63, 3.8) is 0 Å². The fraction of sp³-hybridized carbons (Fsp3) is 0.250. The second-order valence-corrected chi connectivity index (χ2v) is 4.92. The van der Waals surface area contributed by atoms with E-state index in [0.717, 1.165) is 27.4 Å². The van der Waals surface area contributed by atoms with Gasteiger partial charge in [0.25, 0.3) is 0 Å². The van der Waals surface area contributed by atoms with Crippen LogP contribution in [0.3, 0.4) is 0 Å². The molecule has 0 aliphatic rings. The number of hydrogen-bond donors (Lipinski definition) is 0. The quantitative estimate of drug-likeness (QED) is 0.772. The minimum Gasteiger partial charge on any atom is -0.496 e. The van der Waals surface area contributed by atoms with Gasteiger partial charge in [-0.05, 0) is 17.9 Å². The summed E-state index contributed by atoms with van der Waals surface area (Å²) in [5, 5.41) is 2.56. The molecule has 0 aliphatic heterocycles. The van der Waals surface area contributed by atoms with Crippen molar-refractivity contribution in [3.8, 4) is 5.75 Å². The molecule has 84 valence electrons. The highest BCUT2D eigenvalue weighted by molar-refractivity contribution is 7.99. The van der Waals surface area contributed by atoms with Crippen molar-refractivity contribution in [3.05, 3.63) is 29.3 Å². The average molecular weight is 254 g/mol. The third-order valence-electron chi connectivity index (χ3n) is 2.24. The van der Waals surface area contributed by atoms with Gasteiger partial charge in [0.1, 0.15) is 10.8 Å². The third kappa shape index (κ3) is 2.11. The Morgan fingerprint density at radius 2 is 2.25 bits per heavy atom. The standard InChI is InChI=1S/C12H12ClNOS/c1-3-16-11-7-10(15-2)8-5-4-6-9(13)12(8)14-11/h4-7H,3H2,1-2H3. The molecule has 2 rings (SSSR count). The van der Waals surface area contributed by atoms with Crippen molar-refractivity contribution < 1.29 is 4.74 Å². The molecule has 1 aromatic carbocycles. The molecular formula is C12H12ClNOS. The number of methoxy groups -OCH3 is 1. The maximum absolute atomic E-state index is 6.13. The minimum absolute atomic E-state index is 0.661. The first-order chi connectivity index (χ1) is 7.76. The Morgan fingerprint density at radius 3 is 2.94 bits per heavy atom. The SMILES string of the molecule is CCSc1cc(OC)c2cccc(Cl)c2n1. The molecule has 0 saturated carbocycles. The summed E-state index contributed by atoms with van der Waals surface area (Å²) in [5.41, 5.74) is 0.805. The van der Waals surface area contributed by atoms with E-state index in [4.69, 9.17) is 16.3 Å². The van der Waals surface area contributed by atoms with Gasteiger partial charge in [0.05, 0.1) is 17.6 Å². The highest BCUT2D eigenvalue weighted by Gasteiger charge is 2.08. The van der Waals surface area contributed by atoms with Gasteiger partial charge in [-0.1, -0.05) is 24.6 Å². The van der Waals surface area contributed by atoms with Gasteiger partial charge in [0, 0.05) is 11.5 Å². The third-order valence-corrected chi connectivity index (χ3v) is 3.34. The number of rotatable bonds is 3. The van der Waals surface area contributed by atoms with E-state index in [1.165, 1.54) is 0 Å². The van der Waals surface area contributed by atoms with Crippen LogP contribution in [0.5, 0.6) is 5.75 Å². The van der Waals surface area contributed by atoms with Crippen LogP contribution >= 0.6 is 23.4 Å². The first-order valence-electron chi connectivity index (χ1n) is 5.02. The average Bonchev–Trinajstić information content (AvgIpc) is 2.30. The van der Waals surface area contributed by atoms with Gasteiger partial charge in [0.2, 0.25) is 0 Å². The lowest BCUT2D eigenvalue weighted by atomic mass is 10.2. The lowest BCUT2D eigenvalue weighted by Crippen LogP contribution is -1.90. The molecule has 2 aromatic rings. The fourth-order valence-corrected chi connectivity index (χ4v) is 2.41. The molecular weight excluding hydrogens is 242 g/mol. The zero-order chi connectivity index (χ0) is 11.5. The first kappa shape index (κ1) is 11.6. The van der Waals surface area contributed by atoms with Gasteiger partial charge < -0.3 is 4.74 Å². The number of hydrogen-bond acceptors (Lipinski definition) is 3. The smallest absolute Gasteiger partial charge is 0.131 e. The van der Waals surface area contributed by atoms with Crippen LogP contribution in [0.2, 0.25) is 5.02 Å². The molecule has 1 heterocycles. The van der Waals surface area contributed by atoms with Crippen LogP contribution in [0.4, 0.5) is 0 Å². The molecule has 0 bridgehead atoms. The predicted octanol–water partition coefficient (Wildman–Crippen LogP) is 4.01. The van der Waals surface area contributed by atoms with Gasteiger partial charge >= 0.3 is 0 Å². The Bertz CT molecular complexity index is 516. The molecule has 4 heteroatoms. The van der Waals surface area contributed by atoms with Crippen molar-refractivity contribution in [2.75, 3.05) is 12.9 Å². The predicted molar refractivity (Wildman–Crippen MR) is 69.7 cm³/mol. The summed E-state index contributed by atoms with van der Waals surface area (Å²) >= 11 is 7.81. The lowest BCUT2D eigenvalue weighted by molar-refractivity contribution is 0.418. The Labute approximate surface area is 104 Å². The number of fused-ring (bicyclic) bond motifs is 1. The number of pyridine rings is 1. The zero-order valence-corrected chi connectivity index (χ0v) is 10.7. The Balaban J connectivity index is 2.69. The van der Waals surface area contributed by atoms with Crippen molar-refractivity contribution in [2.45, 2.75) is 11.9 Å². The molecule has 0 spiro atoms. The number of aromatic nitrogens is 1. The van der Waals surface area contributed by atoms with Gasteiger partial charge in [-0.3, -0.25) is 0 Å². The normalized spacial score (nSPS) is 10.7. The van der Waals surface area contributed by atoms with Crippen LogP contribution in [-0.2, 0) is 0 Å². The summed E-state index contributed by atoms with van der Waals surface area (Å²) in [6, 6.07) is 7.67.